The molecule has 3 rings (SSSR count). The van der Waals surface area contributed by atoms with Crippen LogP contribution in [-0.2, 0) is 13.1 Å². The molecule has 2 aromatic rings. The van der Waals surface area contributed by atoms with Gasteiger partial charge in [0, 0.05) is 51.0 Å². The van der Waals surface area contributed by atoms with Gasteiger partial charge in [0.25, 0.3) is 0 Å². The van der Waals surface area contributed by atoms with E-state index in [1.54, 1.807) is 19.2 Å². The maximum absolute atomic E-state index is 12.5. The largest absolute Gasteiger partial charge is 0.468 e. The molecule has 10 heteroatoms. The zero-order valence-electron chi connectivity index (χ0n) is 17.9. The van der Waals surface area contributed by atoms with Gasteiger partial charge in [-0.1, -0.05) is 36.4 Å². The Morgan fingerprint density at radius 2 is 1.88 bits per heavy atom. The van der Waals surface area contributed by atoms with Gasteiger partial charge < -0.3 is 15.4 Å². The normalized spacial score (nSPS) is 15.7. The van der Waals surface area contributed by atoms with E-state index in [0.29, 0.717) is 11.5 Å². The van der Waals surface area contributed by atoms with Gasteiger partial charge in [-0.15, -0.1) is 24.0 Å². The number of rotatable bonds is 7. The summed E-state index contributed by atoms with van der Waals surface area (Å²) in [6.07, 6.45) is -1.03. The zero-order chi connectivity index (χ0) is 22.1. The molecule has 0 bridgehead atoms. The van der Waals surface area contributed by atoms with E-state index in [1.807, 2.05) is 6.07 Å². The van der Waals surface area contributed by atoms with Crippen LogP contribution < -0.4 is 15.4 Å². The molecule has 0 unspecified atom stereocenters. The van der Waals surface area contributed by atoms with Gasteiger partial charge >= 0.3 is 6.18 Å². The maximum Gasteiger partial charge on any atom is 0.422 e. The fraction of sp³-hybridized carbons (Fsp3) is 0.455. The van der Waals surface area contributed by atoms with Gasteiger partial charge in [0.15, 0.2) is 12.6 Å². The van der Waals surface area contributed by atoms with E-state index in [9.17, 15) is 13.2 Å². The number of halogens is 4. The highest BCUT2D eigenvalue weighted by molar-refractivity contribution is 14.0. The van der Waals surface area contributed by atoms with Crippen molar-refractivity contribution in [2.24, 2.45) is 4.99 Å². The fourth-order valence-electron chi connectivity index (χ4n) is 3.48. The molecule has 6 nitrogen and oxygen atoms in total. The molecule has 2 heterocycles. The highest BCUT2D eigenvalue weighted by atomic mass is 127. The smallest absolute Gasteiger partial charge is 0.422 e. The first-order chi connectivity index (χ1) is 14.9. The molecule has 1 aliphatic rings. The number of likely N-dealkylation sites (tertiary alicyclic amines) is 1. The van der Waals surface area contributed by atoms with Crippen LogP contribution >= 0.6 is 24.0 Å². The average Bonchev–Trinajstić information content (AvgIpc) is 2.77. The molecule has 176 valence electrons. The van der Waals surface area contributed by atoms with E-state index in [1.165, 1.54) is 11.8 Å². The lowest BCUT2D eigenvalue weighted by Crippen LogP contribution is -2.48. The highest BCUT2D eigenvalue weighted by Crippen LogP contribution is 2.20. The molecule has 0 spiro atoms. The van der Waals surface area contributed by atoms with E-state index in [-0.39, 0.29) is 42.4 Å². The number of nitrogens with one attached hydrogen (secondary N) is 2. The van der Waals surface area contributed by atoms with Crippen LogP contribution in [0, 0.1) is 0 Å². The van der Waals surface area contributed by atoms with E-state index in [2.05, 4.69) is 49.8 Å². The van der Waals surface area contributed by atoms with Crippen LogP contribution in [-0.4, -0.2) is 54.8 Å². The molecule has 0 atom stereocenters. The van der Waals surface area contributed by atoms with E-state index in [4.69, 9.17) is 4.74 Å². The number of pyridine rings is 1. The second-order valence-electron chi connectivity index (χ2n) is 7.48. The van der Waals surface area contributed by atoms with Gasteiger partial charge in [0.1, 0.15) is 0 Å². The minimum absolute atomic E-state index is 0. The third-order valence-corrected chi connectivity index (χ3v) is 5.07. The number of guanidine groups is 1. The Labute approximate surface area is 203 Å². The predicted octanol–water partition coefficient (Wildman–Crippen LogP) is 3.97. The third kappa shape index (κ3) is 8.81. The second-order valence-corrected chi connectivity index (χ2v) is 7.48. The number of alkyl halides is 3. The number of nitrogens with zero attached hydrogens (tertiary/aromatic N) is 3. The van der Waals surface area contributed by atoms with Crippen LogP contribution in [0.25, 0.3) is 0 Å². The highest BCUT2D eigenvalue weighted by Gasteiger charge is 2.29. The first-order valence-electron chi connectivity index (χ1n) is 10.3. The summed E-state index contributed by atoms with van der Waals surface area (Å²) in [5, 5.41) is 6.55. The molecule has 1 fully saturated rings. The molecule has 0 aliphatic carbocycles. The summed E-state index contributed by atoms with van der Waals surface area (Å²) in [6.45, 7) is 1.81. The van der Waals surface area contributed by atoms with Gasteiger partial charge in [-0.3, -0.25) is 9.89 Å². The standard InChI is InChI=1S/C22H28F3N5O.HI/c1-26-21(28-14-18-8-5-11-27-20(18)31-16-22(23,24)25)29-19-9-12-30(13-10-19)15-17-6-3-2-4-7-17;/h2-8,11,19H,9-10,12-16H2,1H3,(H2,26,28,29);1H. The van der Waals surface area contributed by atoms with E-state index >= 15 is 0 Å². The van der Waals surface area contributed by atoms with Crippen molar-refractivity contribution in [2.75, 3.05) is 26.7 Å². The first kappa shape index (κ1) is 26.2. The van der Waals surface area contributed by atoms with Gasteiger partial charge in [-0.05, 0) is 24.5 Å². The van der Waals surface area contributed by atoms with Crippen LogP contribution in [0.5, 0.6) is 5.88 Å². The topological polar surface area (TPSA) is 61.8 Å². The lowest BCUT2D eigenvalue weighted by Gasteiger charge is -2.33. The van der Waals surface area contributed by atoms with Crippen LogP contribution in [0.1, 0.15) is 24.0 Å². The Morgan fingerprint density at radius 3 is 2.53 bits per heavy atom. The number of hydrogen-bond donors (Lipinski definition) is 2. The summed E-state index contributed by atoms with van der Waals surface area (Å²) in [4.78, 5) is 10.6. The van der Waals surface area contributed by atoms with E-state index in [0.717, 1.165) is 32.5 Å². The van der Waals surface area contributed by atoms with Crippen LogP contribution in [0.15, 0.2) is 53.7 Å². The van der Waals surface area contributed by atoms with Crippen molar-refractivity contribution >= 4 is 29.9 Å². The molecular weight excluding hydrogens is 534 g/mol. The number of aromatic nitrogens is 1. The summed E-state index contributed by atoms with van der Waals surface area (Å²) >= 11 is 0. The average molecular weight is 563 g/mol. The second kappa shape index (κ2) is 12.8. The van der Waals surface area contributed by atoms with Crippen molar-refractivity contribution in [3.05, 3.63) is 59.8 Å². The van der Waals surface area contributed by atoms with Gasteiger partial charge in [-0.2, -0.15) is 13.2 Å². The number of piperidine rings is 1. The van der Waals surface area contributed by atoms with Crippen molar-refractivity contribution in [1.29, 1.82) is 0 Å². The van der Waals surface area contributed by atoms with Crippen molar-refractivity contribution in [1.82, 2.24) is 20.5 Å². The molecule has 0 saturated carbocycles. The molecule has 1 aromatic heterocycles. The minimum atomic E-state index is -4.41. The van der Waals surface area contributed by atoms with Gasteiger partial charge in [0.2, 0.25) is 5.88 Å². The molecule has 1 saturated heterocycles. The van der Waals surface area contributed by atoms with Crippen LogP contribution in [0.4, 0.5) is 13.2 Å². The van der Waals surface area contributed by atoms with E-state index < -0.39 is 12.8 Å². The quantitative estimate of drug-likeness (QED) is 0.304. The molecule has 0 amide bonds. The summed E-state index contributed by atoms with van der Waals surface area (Å²) in [5.74, 6) is 0.573. The molecule has 1 aromatic carbocycles. The van der Waals surface area contributed by atoms with Gasteiger partial charge in [0.05, 0.1) is 0 Å². The zero-order valence-corrected chi connectivity index (χ0v) is 20.3. The Bertz CT molecular complexity index is 843. The van der Waals surface area contributed by atoms with Crippen LogP contribution in [0.2, 0.25) is 0 Å². The Hall–Kier alpha value is -2.08. The Kier molecular flexibility index (Phi) is 10.5. The molecule has 2 N–H and O–H groups in total. The number of ether oxygens (including phenoxy) is 1. The predicted molar refractivity (Wildman–Crippen MR) is 129 cm³/mol. The minimum Gasteiger partial charge on any atom is -0.468 e. The number of benzene rings is 1. The SMILES string of the molecule is CN=C(NCc1cccnc1OCC(F)(F)F)NC1CCN(Cc2ccccc2)CC1.I. The summed E-state index contributed by atoms with van der Waals surface area (Å²) in [5.41, 5.74) is 1.85. The van der Waals surface area contributed by atoms with Gasteiger partial charge in [-0.25, -0.2) is 4.98 Å². The molecule has 1 aliphatic heterocycles. The summed E-state index contributed by atoms with van der Waals surface area (Å²) < 4.78 is 42.2. The third-order valence-electron chi connectivity index (χ3n) is 5.07. The lowest BCUT2D eigenvalue weighted by molar-refractivity contribution is -0.154. The van der Waals surface area contributed by atoms with Crippen molar-refractivity contribution < 1.29 is 17.9 Å². The van der Waals surface area contributed by atoms with Crippen molar-refractivity contribution in [2.45, 2.75) is 38.1 Å². The number of hydrogen-bond acceptors (Lipinski definition) is 4. The maximum atomic E-state index is 12.5. The fourth-order valence-corrected chi connectivity index (χ4v) is 3.48. The molecule has 0 radical (unpaired) electrons. The Morgan fingerprint density at radius 1 is 1.16 bits per heavy atom. The Balaban J connectivity index is 0.00000363. The number of aliphatic imine (C=N–C) groups is 1. The molecular formula is C22H29F3IN5O. The monoisotopic (exact) mass is 563 g/mol. The summed E-state index contributed by atoms with van der Waals surface area (Å²) in [7, 11) is 1.67. The molecule has 32 heavy (non-hydrogen) atoms. The van der Waals surface area contributed by atoms with Crippen LogP contribution in [0.3, 0.4) is 0 Å². The summed E-state index contributed by atoms with van der Waals surface area (Å²) in [6, 6.07) is 14.0. The lowest BCUT2D eigenvalue weighted by atomic mass is 10.0. The first-order valence-corrected chi connectivity index (χ1v) is 10.3. The van der Waals surface area contributed by atoms with Crippen molar-refractivity contribution in [3.8, 4) is 5.88 Å². The van der Waals surface area contributed by atoms with Crippen molar-refractivity contribution in [3.63, 3.8) is 0 Å².